The van der Waals surface area contributed by atoms with Crippen LogP contribution in [0.25, 0.3) is 0 Å². The second kappa shape index (κ2) is 3.74. The Balaban J connectivity index is 2.31. The molecule has 2 rings (SSSR count). The Morgan fingerprint density at radius 2 is 2.14 bits per heavy atom. The van der Waals surface area contributed by atoms with E-state index in [1.54, 1.807) is 0 Å². The van der Waals surface area contributed by atoms with Gasteiger partial charge in [-0.2, -0.15) is 5.26 Å². The van der Waals surface area contributed by atoms with Gasteiger partial charge in [0.2, 0.25) is 6.29 Å². The maximum Gasteiger partial charge on any atom is 0.201 e. The first-order chi connectivity index (χ1) is 6.81. The quantitative estimate of drug-likeness (QED) is 0.669. The Hall–Kier alpha value is -1.44. The highest BCUT2D eigenvalue weighted by Crippen LogP contribution is 2.22. The summed E-state index contributed by atoms with van der Waals surface area (Å²) in [6.45, 7) is 3.02. The van der Waals surface area contributed by atoms with E-state index in [1.165, 1.54) is 0 Å². The van der Waals surface area contributed by atoms with E-state index in [1.807, 2.05) is 25.1 Å². The Morgan fingerprint density at radius 1 is 1.43 bits per heavy atom. The molecule has 1 saturated heterocycles. The molecule has 2 heterocycles. The summed E-state index contributed by atoms with van der Waals surface area (Å²) in [7, 11) is 0. The second-order valence-electron chi connectivity index (χ2n) is 3.09. The smallest absolute Gasteiger partial charge is 0.201 e. The van der Waals surface area contributed by atoms with Crippen molar-refractivity contribution >= 4 is 0 Å². The molecule has 1 aromatic rings. The van der Waals surface area contributed by atoms with Crippen LogP contribution in [0.1, 0.15) is 23.2 Å². The van der Waals surface area contributed by atoms with Crippen LogP contribution in [-0.2, 0) is 9.47 Å². The van der Waals surface area contributed by atoms with Gasteiger partial charge in [0, 0.05) is 0 Å². The first kappa shape index (κ1) is 9.13. The Kier molecular flexibility index (Phi) is 2.44. The van der Waals surface area contributed by atoms with Gasteiger partial charge in [-0.15, -0.1) is 0 Å². The third-order valence-corrected chi connectivity index (χ3v) is 2.09. The molecule has 1 fully saturated rings. The Bertz CT molecular complexity index is 378. The van der Waals surface area contributed by atoms with E-state index < -0.39 is 6.29 Å². The number of aromatic nitrogens is 1. The highest BCUT2D eigenvalue weighted by Gasteiger charge is 2.20. The van der Waals surface area contributed by atoms with Gasteiger partial charge in [0.05, 0.1) is 18.9 Å². The standard InChI is InChI=1S/C10H10N2O2/c1-7-2-3-8(12-9(7)6-11)10-13-4-5-14-10/h2-3,10H,4-5H2,1H3. The topological polar surface area (TPSA) is 55.1 Å². The average molecular weight is 190 g/mol. The molecule has 1 aromatic heterocycles. The van der Waals surface area contributed by atoms with Crippen LogP contribution in [0.3, 0.4) is 0 Å². The number of rotatable bonds is 1. The molecule has 1 aliphatic rings. The molecule has 0 N–H and O–H groups in total. The van der Waals surface area contributed by atoms with E-state index in [-0.39, 0.29) is 0 Å². The van der Waals surface area contributed by atoms with Crippen molar-refractivity contribution in [1.29, 1.82) is 5.26 Å². The summed E-state index contributed by atoms with van der Waals surface area (Å²) in [6.07, 6.45) is -0.400. The minimum absolute atomic E-state index is 0.400. The van der Waals surface area contributed by atoms with Crippen molar-refractivity contribution in [2.45, 2.75) is 13.2 Å². The number of nitrogens with zero attached hydrogens (tertiary/aromatic N) is 2. The molecule has 0 radical (unpaired) electrons. The molecular formula is C10H10N2O2. The van der Waals surface area contributed by atoms with Crippen molar-refractivity contribution in [2.75, 3.05) is 13.2 Å². The molecular weight excluding hydrogens is 180 g/mol. The highest BCUT2D eigenvalue weighted by molar-refractivity contribution is 5.31. The van der Waals surface area contributed by atoms with Crippen molar-refractivity contribution in [3.05, 3.63) is 29.1 Å². The number of hydrogen-bond donors (Lipinski definition) is 0. The van der Waals surface area contributed by atoms with Crippen molar-refractivity contribution < 1.29 is 9.47 Å². The predicted molar refractivity (Wildman–Crippen MR) is 48.3 cm³/mol. The first-order valence-corrected chi connectivity index (χ1v) is 4.42. The number of nitriles is 1. The zero-order chi connectivity index (χ0) is 9.97. The van der Waals surface area contributed by atoms with Crippen LogP contribution in [-0.4, -0.2) is 18.2 Å². The van der Waals surface area contributed by atoms with Gasteiger partial charge < -0.3 is 9.47 Å². The predicted octanol–water partition coefficient (Wildman–Crippen LogP) is 1.31. The van der Waals surface area contributed by atoms with E-state index in [9.17, 15) is 0 Å². The summed E-state index contributed by atoms with van der Waals surface area (Å²) in [5.74, 6) is 0. The van der Waals surface area contributed by atoms with Gasteiger partial charge in [-0.3, -0.25) is 0 Å². The second-order valence-corrected chi connectivity index (χ2v) is 3.09. The van der Waals surface area contributed by atoms with Crippen molar-refractivity contribution in [3.8, 4) is 6.07 Å². The summed E-state index contributed by atoms with van der Waals surface area (Å²) in [5.41, 5.74) is 1.97. The number of aryl methyl sites for hydroxylation is 1. The van der Waals surface area contributed by atoms with Crippen LogP contribution in [0, 0.1) is 18.3 Å². The summed E-state index contributed by atoms with van der Waals surface area (Å²) in [6, 6.07) is 5.72. The lowest BCUT2D eigenvalue weighted by Crippen LogP contribution is -2.03. The molecule has 1 aliphatic heterocycles. The summed E-state index contributed by atoms with van der Waals surface area (Å²) in [4.78, 5) is 4.16. The van der Waals surface area contributed by atoms with Crippen LogP contribution in [0.2, 0.25) is 0 Å². The fourth-order valence-electron chi connectivity index (χ4n) is 1.32. The first-order valence-electron chi connectivity index (χ1n) is 4.42. The van der Waals surface area contributed by atoms with E-state index in [0.717, 1.165) is 5.56 Å². The minimum Gasteiger partial charge on any atom is -0.345 e. The van der Waals surface area contributed by atoms with Crippen molar-refractivity contribution in [3.63, 3.8) is 0 Å². The molecule has 0 amide bonds. The van der Waals surface area contributed by atoms with Crippen LogP contribution in [0.15, 0.2) is 12.1 Å². The molecule has 0 aromatic carbocycles. The lowest BCUT2D eigenvalue weighted by Gasteiger charge is -2.08. The summed E-state index contributed by atoms with van der Waals surface area (Å²) >= 11 is 0. The molecule has 0 saturated carbocycles. The van der Waals surface area contributed by atoms with Gasteiger partial charge in [0.25, 0.3) is 0 Å². The molecule has 0 spiro atoms. The fraction of sp³-hybridized carbons (Fsp3) is 0.400. The van der Waals surface area contributed by atoms with E-state index in [2.05, 4.69) is 4.98 Å². The number of pyridine rings is 1. The van der Waals surface area contributed by atoms with Crippen molar-refractivity contribution in [2.24, 2.45) is 0 Å². The zero-order valence-corrected chi connectivity index (χ0v) is 7.86. The molecule has 0 atom stereocenters. The number of hydrogen-bond acceptors (Lipinski definition) is 4. The van der Waals surface area contributed by atoms with Gasteiger partial charge in [0.1, 0.15) is 11.8 Å². The van der Waals surface area contributed by atoms with Crippen molar-refractivity contribution in [1.82, 2.24) is 4.98 Å². The molecule has 14 heavy (non-hydrogen) atoms. The molecule has 4 heteroatoms. The molecule has 0 bridgehead atoms. The Morgan fingerprint density at radius 3 is 2.79 bits per heavy atom. The van der Waals surface area contributed by atoms with Crippen LogP contribution in [0.5, 0.6) is 0 Å². The molecule has 4 nitrogen and oxygen atoms in total. The van der Waals surface area contributed by atoms with Gasteiger partial charge >= 0.3 is 0 Å². The minimum atomic E-state index is -0.400. The maximum absolute atomic E-state index is 8.79. The lowest BCUT2D eigenvalue weighted by atomic mass is 10.2. The third-order valence-electron chi connectivity index (χ3n) is 2.09. The summed E-state index contributed by atoms with van der Waals surface area (Å²) < 4.78 is 10.6. The maximum atomic E-state index is 8.79. The average Bonchev–Trinajstić information content (AvgIpc) is 2.71. The van der Waals surface area contributed by atoms with Crippen LogP contribution >= 0.6 is 0 Å². The van der Waals surface area contributed by atoms with Gasteiger partial charge in [-0.25, -0.2) is 4.98 Å². The van der Waals surface area contributed by atoms with Crippen LogP contribution < -0.4 is 0 Å². The summed E-state index contributed by atoms with van der Waals surface area (Å²) in [5, 5.41) is 8.79. The van der Waals surface area contributed by atoms with Crippen LogP contribution in [0.4, 0.5) is 0 Å². The Labute approximate surface area is 82.1 Å². The largest absolute Gasteiger partial charge is 0.345 e. The SMILES string of the molecule is Cc1ccc(C2OCCO2)nc1C#N. The highest BCUT2D eigenvalue weighted by atomic mass is 16.7. The molecule has 72 valence electrons. The zero-order valence-electron chi connectivity index (χ0n) is 7.86. The monoisotopic (exact) mass is 190 g/mol. The van der Waals surface area contributed by atoms with Gasteiger partial charge in [0.15, 0.2) is 0 Å². The number of ether oxygens (including phenoxy) is 2. The lowest BCUT2D eigenvalue weighted by molar-refractivity contribution is -0.0473. The molecule has 0 aliphatic carbocycles. The normalized spacial score (nSPS) is 16.9. The van der Waals surface area contributed by atoms with E-state index >= 15 is 0 Å². The van der Waals surface area contributed by atoms with Gasteiger partial charge in [-0.05, 0) is 18.6 Å². The third kappa shape index (κ3) is 1.60. The van der Waals surface area contributed by atoms with E-state index in [4.69, 9.17) is 14.7 Å². The fourth-order valence-corrected chi connectivity index (χ4v) is 1.32. The van der Waals surface area contributed by atoms with E-state index in [0.29, 0.717) is 24.6 Å². The molecule has 0 unspecified atom stereocenters. The van der Waals surface area contributed by atoms with Gasteiger partial charge in [-0.1, -0.05) is 6.07 Å².